The second kappa shape index (κ2) is 7.09. The minimum Gasteiger partial charge on any atom is -0.472 e. The van der Waals surface area contributed by atoms with Crippen molar-refractivity contribution in [1.29, 1.82) is 0 Å². The van der Waals surface area contributed by atoms with Gasteiger partial charge in [-0.05, 0) is 24.8 Å². The summed E-state index contributed by atoms with van der Waals surface area (Å²) < 4.78 is 5.83. The Morgan fingerprint density at radius 2 is 2.29 bits per heavy atom. The summed E-state index contributed by atoms with van der Waals surface area (Å²) in [6.45, 7) is 5.22. The van der Waals surface area contributed by atoms with Crippen LogP contribution < -0.4 is 10.5 Å². The fraction of sp³-hybridized carbons (Fsp3) is 0.600. The van der Waals surface area contributed by atoms with Crippen molar-refractivity contribution in [3.63, 3.8) is 0 Å². The van der Waals surface area contributed by atoms with E-state index in [1.165, 1.54) is 0 Å². The Kier molecular flexibility index (Phi) is 5.42. The van der Waals surface area contributed by atoms with Crippen molar-refractivity contribution in [2.45, 2.75) is 38.8 Å². The zero-order valence-corrected chi connectivity index (χ0v) is 13.2. The van der Waals surface area contributed by atoms with Crippen LogP contribution in [0.25, 0.3) is 0 Å². The number of pyridine rings is 1. The largest absolute Gasteiger partial charge is 0.472 e. The molecule has 1 aromatic rings. The van der Waals surface area contributed by atoms with Crippen molar-refractivity contribution in [1.82, 2.24) is 9.88 Å². The molecule has 0 radical (unpaired) electrons. The lowest BCUT2D eigenvalue weighted by atomic mass is 10.0. The summed E-state index contributed by atoms with van der Waals surface area (Å²) in [4.78, 5) is 18.2. The molecule has 6 heteroatoms. The number of amides is 1. The third kappa shape index (κ3) is 4.32. The number of hydrogen-bond donors (Lipinski definition) is 1. The molecule has 5 nitrogen and oxygen atoms in total. The predicted molar refractivity (Wildman–Crippen MR) is 82.3 cm³/mol. The van der Waals surface area contributed by atoms with E-state index in [-0.39, 0.29) is 17.9 Å². The van der Waals surface area contributed by atoms with Gasteiger partial charge in [0.05, 0.1) is 17.6 Å². The first-order chi connectivity index (χ1) is 9.97. The van der Waals surface area contributed by atoms with Gasteiger partial charge in [0.2, 0.25) is 11.8 Å². The molecule has 1 aliphatic heterocycles. The van der Waals surface area contributed by atoms with Crippen LogP contribution in [0.1, 0.15) is 26.7 Å². The summed E-state index contributed by atoms with van der Waals surface area (Å²) >= 11 is 5.80. The van der Waals surface area contributed by atoms with Gasteiger partial charge in [-0.25, -0.2) is 4.98 Å². The molecule has 1 unspecified atom stereocenters. The van der Waals surface area contributed by atoms with Gasteiger partial charge in [0, 0.05) is 18.8 Å². The topological polar surface area (TPSA) is 68.5 Å². The standard InChI is InChI=1S/C15H22ClN3O2/c1-10(2)14(17)15(20)19-7-3-4-12(9-19)21-13-6-5-11(16)8-18-13/h5-6,8,10,12,14H,3-4,7,9,17H2,1-2H3/t12?,14-/m0/s1. The van der Waals surface area contributed by atoms with Gasteiger partial charge in [-0.3, -0.25) is 4.79 Å². The van der Waals surface area contributed by atoms with Crippen molar-refractivity contribution in [3.05, 3.63) is 23.4 Å². The minimum absolute atomic E-state index is 0.00219. The first-order valence-electron chi connectivity index (χ1n) is 7.30. The molecule has 1 amide bonds. The second-order valence-corrected chi connectivity index (χ2v) is 6.19. The molecular weight excluding hydrogens is 290 g/mol. The molecule has 116 valence electrons. The number of hydrogen-bond acceptors (Lipinski definition) is 4. The minimum atomic E-state index is -0.447. The number of likely N-dealkylation sites (tertiary alicyclic amines) is 1. The number of nitrogens with two attached hydrogens (primary N) is 1. The van der Waals surface area contributed by atoms with Crippen molar-refractivity contribution in [3.8, 4) is 5.88 Å². The molecule has 0 bridgehead atoms. The van der Waals surface area contributed by atoms with E-state index in [1.807, 2.05) is 13.8 Å². The molecule has 2 heterocycles. The maximum absolute atomic E-state index is 12.3. The summed E-state index contributed by atoms with van der Waals surface area (Å²) in [5, 5.41) is 0.575. The van der Waals surface area contributed by atoms with Crippen LogP contribution in [0.15, 0.2) is 18.3 Å². The highest BCUT2D eigenvalue weighted by molar-refractivity contribution is 6.30. The molecule has 0 saturated carbocycles. The summed E-state index contributed by atoms with van der Waals surface area (Å²) in [6, 6.07) is 3.03. The molecular formula is C15H22ClN3O2. The van der Waals surface area contributed by atoms with Crippen molar-refractivity contribution in [2.75, 3.05) is 13.1 Å². The smallest absolute Gasteiger partial charge is 0.239 e. The number of rotatable bonds is 4. The van der Waals surface area contributed by atoms with Crippen LogP contribution in [0, 0.1) is 5.92 Å². The Labute approximate surface area is 130 Å². The first kappa shape index (κ1) is 16.0. The van der Waals surface area contributed by atoms with Crippen molar-refractivity contribution >= 4 is 17.5 Å². The summed E-state index contributed by atoms with van der Waals surface area (Å²) in [5.74, 6) is 0.672. The Morgan fingerprint density at radius 1 is 1.52 bits per heavy atom. The quantitative estimate of drug-likeness (QED) is 0.924. The predicted octanol–water partition coefficient (Wildman–Crippen LogP) is 2.09. The Hall–Kier alpha value is -1.33. The lowest BCUT2D eigenvalue weighted by molar-refractivity contribution is -0.136. The molecule has 1 aromatic heterocycles. The second-order valence-electron chi connectivity index (χ2n) is 5.75. The number of halogens is 1. The summed E-state index contributed by atoms with van der Waals surface area (Å²) in [6.07, 6.45) is 3.33. The van der Waals surface area contributed by atoms with Gasteiger partial charge in [0.1, 0.15) is 6.10 Å². The molecule has 21 heavy (non-hydrogen) atoms. The molecule has 0 spiro atoms. The van der Waals surface area contributed by atoms with Gasteiger partial charge in [0.25, 0.3) is 0 Å². The van der Waals surface area contributed by atoms with Gasteiger partial charge in [-0.2, -0.15) is 0 Å². The van der Waals surface area contributed by atoms with Crippen molar-refractivity contribution < 1.29 is 9.53 Å². The first-order valence-corrected chi connectivity index (χ1v) is 7.67. The maximum atomic E-state index is 12.3. The number of ether oxygens (including phenoxy) is 1. The van der Waals surface area contributed by atoms with E-state index in [2.05, 4.69) is 4.98 Å². The Morgan fingerprint density at radius 3 is 2.90 bits per heavy atom. The van der Waals surface area contributed by atoms with Gasteiger partial charge in [0.15, 0.2) is 0 Å². The van der Waals surface area contributed by atoms with E-state index in [4.69, 9.17) is 22.1 Å². The Bertz CT molecular complexity index is 478. The lowest BCUT2D eigenvalue weighted by Crippen LogP contribution is -2.52. The van der Waals surface area contributed by atoms with E-state index < -0.39 is 6.04 Å². The third-order valence-corrected chi connectivity index (χ3v) is 3.90. The highest BCUT2D eigenvalue weighted by atomic mass is 35.5. The van der Waals surface area contributed by atoms with E-state index >= 15 is 0 Å². The molecule has 0 aromatic carbocycles. The van der Waals surface area contributed by atoms with Crippen LogP contribution in [-0.4, -0.2) is 41.0 Å². The molecule has 2 atom stereocenters. The van der Waals surface area contributed by atoms with E-state index in [0.717, 1.165) is 19.4 Å². The van der Waals surface area contributed by atoms with Crippen LogP contribution in [0.5, 0.6) is 5.88 Å². The average molecular weight is 312 g/mol. The van der Waals surface area contributed by atoms with Gasteiger partial charge < -0.3 is 15.4 Å². The lowest BCUT2D eigenvalue weighted by Gasteiger charge is -2.34. The SMILES string of the molecule is CC(C)[C@H](N)C(=O)N1CCCC(Oc2ccc(Cl)cn2)C1. The fourth-order valence-electron chi connectivity index (χ4n) is 2.33. The molecule has 2 rings (SSSR count). The van der Waals surface area contributed by atoms with E-state index in [0.29, 0.717) is 17.4 Å². The Balaban J connectivity index is 1.94. The van der Waals surface area contributed by atoms with Crippen LogP contribution in [-0.2, 0) is 4.79 Å². The molecule has 2 N–H and O–H groups in total. The van der Waals surface area contributed by atoms with E-state index in [1.54, 1.807) is 23.2 Å². The molecule has 1 aliphatic rings. The van der Waals surface area contributed by atoms with Gasteiger partial charge in [-0.1, -0.05) is 25.4 Å². The number of carbonyl (C=O) groups is 1. The third-order valence-electron chi connectivity index (χ3n) is 3.68. The normalized spacial score (nSPS) is 20.4. The van der Waals surface area contributed by atoms with Crippen LogP contribution in [0.2, 0.25) is 5.02 Å². The molecule has 0 aliphatic carbocycles. The monoisotopic (exact) mass is 311 g/mol. The number of nitrogens with zero attached hydrogens (tertiary/aromatic N) is 2. The van der Waals surface area contributed by atoms with Gasteiger partial charge >= 0.3 is 0 Å². The summed E-state index contributed by atoms with van der Waals surface area (Å²) in [5.41, 5.74) is 5.95. The number of aromatic nitrogens is 1. The number of piperidine rings is 1. The zero-order valence-electron chi connectivity index (χ0n) is 12.5. The van der Waals surface area contributed by atoms with Crippen molar-refractivity contribution in [2.24, 2.45) is 11.7 Å². The maximum Gasteiger partial charge on any atom is 0.239 e. The van der Waals surface area contributed by atoms with E-state index in [9.17, 15) is 4.79 Å². The average Bonchev–Trinajstić information content (AvgIpc) is 2.48. The summed E-state index contributed by atoms with van der Waals surface area (Å²) in [7, 11) is 0. The molecule has 1 fully saturated rings. The van der Waals surface area contributed by atoms with Crippen LogP contribution in [0.4, 0.5) is 0 Å². The highest BCUT2D eigenvalue weighted by Crippen LogP contribution is 2.19. The number of carbonyl (C=O) groups excluding carboxylic acids is 1. The highest BCUT2D eigenvalue weighted by Gasteiger charge is 2.29. The van der Waals surface area contributed by atoms with Crippen LogP contribution >= 0.6 is 11.6 Å². The van der Waals surface area contributed by atoms with Crippen LogP contribution in [0.3, 0.4) is 0 Å². The fourth-order valence-corrected chi connectivity index (χ4v) is 2.45. The van der Waals surface area contributed by atoms with Gasteiger partial charge in [-0.15, -0.1) is 0 Å². The molecule has 1 saturated heterocycles. The zero-order chi connectivity index (χ0) is 15.4.